The lowest BCUT2D eigenvalue weighted by Gasteiger charge is -2.19. The van der Waals surface area contributed by atoms with Gasteiger partial charge in [-0.15, -0.1) is 0 Å². The molecular weight excluding hydrogens is 270 g/mol. The number of aliphatic carboxylic acids is 1. The number of para-hydroxylation sites is 1. The second-order valence-electron chi connectivity index (χ2n) is 5.05. The van der Waals surface area contributed by atoms with Gasteiger partial charge in [-0.1, -0.05) is 18.2 Å². The van der Waals surface area contributed by atoms with Crippen molar-refractivity contribution >= 4 is 28.9 Å². The molecule has 1 saturated heterocycles. The van der Waals surface area contributed by atoms with Crippen LogP contribution < -0.4 is 0 Å². The van der Waals surface area contributed by atoms with Crippen LogP contribution in [-0.2, 0) is 9.59 Å². The maximum absolute atomic E-state index is 12.1. The number of hydrogen-bond donors (Lipinski definition) is 1. The van der Waals surface area contributed by atoms with Crippen molar-refractivity contribution in [1.82, 2.24) is 4.90 Å². The van der Waals surface area contributed by atoms with Crippen molar-refractivity contribution in [2.45, 2.75) is 18.9 Å². The largest absolute Gasteiger partial charge is 0.480 e. The Labute approximate surface area is 121 Å². The van der Waals surface area contributed by atoms with Gasteiger partial charge in [0.2, 0.25) is 5.91 Å². The number of likely N-dealkylation sites (tertiary alicyclic amines) is 1. The van der Waals surface area contributed by atoms with E-state index in [-0.39, 0.29) is 5.91 Å². The molecule has 2 aromatic rings. The molecule has 5 nitrogen and oxygen atoms in total. The number of hydrogen-bond acceptors (Lipinski definition) is 3. The van der Waals surface area contributed by atoms with E-state index < -0.39 is 12.0 Å². The number of amides is 1. The number of fused-ring (bicyclic) bond motifs is 1. The molecule has 1 fully saturated rings. The van der Waals surface area contributed by atoms with Crippen LogP contribution in [0.3, 0.4) is 0 Å². The zero-order valence-corrected chi connectivity index (χ0v) is 11.4. The minimum absolute atomic E-state index is 0.291. The van der Waals surface area contributed by atoms with E-state index in [2.05, 4.69) is 0 Å². The number of carbonyl (C=O) groups excluding carboxylic acids is 1. The Hall–Kier alpha value is -2.56. The monoisotopic (exact) mass is 285 g/mol. The molecule has 1 N–H and O–H groups in total. The summed E-state index contributed by atoms with van der Waals surface area (Å²) in [5.74, 6) is -0.658. The number of nitrogens with zero attached hydrogens (tertiary/aromatic N) is 1. The van der Waals surface area contributed by atoms with Crippen molar-refractivity contribution < 1.29 is 19.1 Å². The summed E-state index contributed by atoms with van der Waals surface area (Å²) >= 11 is 0. The maximum Gasteiger partial charge on any atom is 0.326 e. The number of benzene rings is 1. The highest BCUT2D eigenvalue weighted by molar-refractivity contribution is 5.95. The molecule has 0 bridgehead atoms. The molecule has 21 heavy (non-hydrogen) atoms. The summed E-state index contributed by atoms with van der Waals surface area (Å²) < 4.78 is 5.58. The first-order chi connectivity index (χ1) is 10.1. The molecule has 1 aromatic carbocycles. The number of rotatable bonds is 3. The summed E-state index contributed by atoms with van der Waals surface area (Å²) in [6.07, 6.45) is 4.19. The fourth-order valence-electron chi connectivity index (χ4n) is 2.62. The Morgan fingerprint density at radius 2 is 2.14 bits per heavy atom. The molecule has 2 heterocycles. The third-order valence-electron chi connectivity index (χ3n) is 3.66. The first kappa shape index (κ1) is 13.4. The third-order valence-corrected chi connectivity index (χ3v) is 3.66. The Balaban J connectivity index is 1.76. The molecule has 3 rings (SSSR count). The average Bonchev–Trinajstić information content (AvgIpc) is 3.10. The van der Waals surface area contributed by atoms with Crippen LogP contribution in [0.5, 0.6) is 0 Å². The smallest absolute Gasteiger partial charge is 0.326 e. The van der Waals surface area contributed by atoms with Crippen molar-refractivity contribution in [2.24, 2.45) is 0 Å². The fourth-order valence-corrected chi connectivity index (χ4v) is 2.62. The lowest BCUT2D eigenvalue weighted by Crippen LogP contribution is -2.39. The predicted octanol–water partition coefficient (Wildman–Crippen LogP) is 2.52. The van der Waals surface area contributed by atoms with Crippen LogP contribution in [0.15, 0.2) is 40.8 Å². The van der Waals surface area contributed by atoms with Gasteiger partial charge in [-0.05, 0) is 31.1 Å². The van der Waals surface area contributed by atoms with Gasteiger partial charge in [-0.2, -0.15) is 0 Å². The number of carboxylic acid groups (broad SMARTS) is 1. The van der Waals surface area contributed by atoms with Crippen LogP contribution in [-0.4, -0.2) is 34.5 Å². The molecule has 1 unspecified atom stereocenters. The SMILES string of the molecule is O=C(O)C1CCCN1C(=O)/C=C/c1cc2ccccc2o1. The quantitative estimate of drug-likeness (QED) is 0.880. The third kappa shape index (κ3) is 2.67. The van der Waals surface area contributed by atoms with E-state index >= 15 is 0 Å². The van der Waals surface area contributed by atoms with Crippen LogP contribution in [0.4, 0.5) is 0 Å². The molecule has 0 radical (unpaired) electrons. The second kappa shape index (κ2) is 5.44. The van der Waals surface area contributed by atoms with E-state index in [4.69, 9.17) is 9.52 Å². The van der Waals surface area contributed by atoms with E-state index in [1.807, 2.05) is 30.3 Å². The standard InChI is InChI=1S/C16H15NO4/c18-15(17-9-3-5-13(17)16(19)20)8-7-12-10-11-4-1-2-6-14(11)21-12/h1-2,4,6-8,10,13H,3,5,9H2,(H,19,20)/b8-7+. The maximum atomic E-state index is 12.1. The summed E-state index contributed by atoms with van der Waals surface area (Å²) in [5.41, 5.74) is 0.759. The average molecular weight is 285 g/mol. The molecule has 0 saturated carbocycles. The number of carboxylic acids is 1. The van der Waals surface area contributed by atoms with Crippen molar-refractivity contribution in [3.05, 3.63) is 42.2 Å². The Morgan fingerprint density at radius 1 is 1.33 bits per heavy atom. The van der Waals surface area contributed by atoms with Gasteiger partial charge in [0.1, 0.15) is 17.4 Å². The Morgan fingerprint density at radius 3 is 2.90 bits per heavy atom. The van der Waals surface area contributed by atoms with Crippen molar-refractivity contribution in [3.63, 3.8) is 0 Å². The molecule has 1 atom stereocenters. The molecule has 0 spiro atoms. The summed E-state index contributed by atoms with van der Waals surface area (Å²) in [4.78, 5) is 24.5. The fraction of sp³-hybridized carbons (Fsp3) is 0.250. The van der Waals surface area contributed by atoms with Gasteiger partial charge in [0.25, 0.3) is 0 Å². The topological polar surface area (TPSA) is 70.8 Å². The molecule has 1 amide bonds. The van der Waals surface area contributed by atoms with E-state index in [9.17, 15) is 9.59 Å². The highest BCUT2D eigenvalue weighted by Crippen LogP contribution is 2.21. The van der Waals surface area contributed by atoms with Crippen molar-refractivity contribution in [2.75, 3.05) is 6.54 Å². The normalized spacial score (nSPS) is 18.7. The van der Waals surface area contributed by atoms with E-state index in [0.29, 0.717) is 18.7 Å². The van der Waals surface area contributed by atoms with E-state index in [0.717, 1.165) is 17.4 Å². The van der Waals surface area contributed by atoms with Crippen molar-refractivity contribution in [3.8, 4) is 0 Å². The summed E-state index contributed by atoms with van der Waals surface area (Å²) in [6.45, 7) is 0.486. The first-order valence-electron chi connectivity index (χ1n) is 6.85. The zero-order chi connectivity index (χ0) is 14.8. The van der Waals surface area contributed by atoms with Crippen LogP contribution in [0, 0.1) is 0 Å². The van der Waals surface area contributed by atoms with E-state index in [1.165, 1.54) is 11.0 Å². The lowest BCUT2D eigenvalue weighted by molar-refractivity contribution is -0.146. The Kier molecular flexibility index (Phi) is 3.48. The van der Waals surface area contributed by atoms with Crippen molar-refractivity contribution in [1.29, 1.82) is 0 Å². The number of furan rings is 1. The second-order valence-corrected chi connectivity index (χ2v) is 5.05. The Bertz CT molecular complexity index is 683. The van der Waals surface area contributed by atoms with Gasteiger partial charge in [-0.25, -0.2) is 4.79 Å². The zero-order valence-electron chi connectivity index (χ0n) is 11.4. The van der Waals surface area contributed by atoms with Crippen LogP contribution in [0.25, 0.3) is 17.0 Å². The van der Waals surface area contributed by atoms with Gasteiger partial charge >= 0.3 is 5.97 Å². The van der Waals surface area contributed by atoms with Crippen LogP contribution >= 0.6 is 0 Å². The highest BCUT2D eigenvalue weighted by Gasteiger charge is 2.32. The van der Waals surface area contributed by atoms with Crippen LogP contribution in [0.1, 0.15) is 18.6 Å². The number of carbonyl (C=O) groups is 2. The van der Waals surface area contributed by atoms with Gasteiger partial charge in [0.15, 0.2) is 0 Å². The molecule has 5 heteroatoms. The molecule has 1 aromatic heterocycles. The first-order valence-corrected chi connectivity index (χ1v) is 6.85. The van der Waals surface area contributed by atoms with Gasteiger partial charge < -0.3 is 14.4 Å². The van der Waals surface area contributed by atoms with Gasteiger partial charge in [0.05, 0.1) is 0 Å². The minimum Gasteiger partial charge on any atom is -0.480 e. The molecule has 1 aliphatic rings. The molecular formula is C16H15NO4. The summed E-state index contributed by atoms with van der Waals surface area (Å²) in [5, 5.41) is 10.0. The predicted molar refractivity (Wildman–Crippen MR) is 77.6 cm³/mol. The molecule has 1 aliphatic heterocycles. The van der Waals surface area contributed by atoms with Gasteiger partial charge in [0, 0.05) is 18.0 Å². The highest BCUT2D eigenvalue weighted by atomic mass is 16.4. The minimum atomic E-state index is -0.946. The molecule has 0 aliphatic carbocycles. The lowest BCUT2D eigenvalue weighted by atomic mass is 10.2. The summed E-state index contributed by atoms with van der Waals surface area (Å²) in [6, 6.07) is 8.72. The molecule has 108 valence electrons. The van der Waals surface area contributed by atoms with Crippen LogP contribution in [0.2, 0.25) is 0 Å². The van der Waals surface area contributed by atoms with E-state index in [1.54, 1.807) is 6.08 Å². The summed E-state index contributed by atoms with van der Waals surface area (Å²) in [7, 11) is 0. The van der Waals surface area contributed by atoms with Gasteiger partial charge in [-0.3, -0.25) is 4.79 Å².